The van der Waals surface area contributed by atoms with Gasteiger partial charge in [-0.3, -0.25) is 23.7 Å². The number of nitrogen functional groups attached to an aromatic ring is 1. The Hall–Kier alpha value is -3.27. The quantitative estimate of drug-likeness (QED) is 0.426. The number of amides is 1. The van der Waals surface area contributed by atoms with Gasteiger partial charge in [0.15, 0.2) is 10.8 Å². The summed E-state index contributed by atoms with van der Waals surface area (Å²) in [6.45, 7) is 8.67. The van der Waals surface area contributed by atoms with E-state index < -0.39 is 11.2 Å². The van der Waals surface area contributed by atoms with Crippen LogP contribution in [0.4, 0.5) is 11.5 Å². The Bertz CT molecular complexity index is 1260. The van der Waals surface area contributed by atoms with Gasteiger partial charge in [0.05, 0.1) is 5.75 Å². The Morgan fingerprint density at radius 3 is 2.50 bits per heavy atom. The van der Waals surface area contributed by atoms with E-state index in [0.717, 1.165) is 23.2 Å². The largest absolute Gasteiger partial charge is 0.383 e. The average Bonchev–Trinajstić information content (AvgIpc) is 3.25. The molecular weight excluding hydrogens is 452 g/mol. The molecule has 3 N–H and O–H groups in total. The molecule has 182 valence electrons. The molecule has 2 aromatic heterocycles. The highest BCUT2D eigenvalue weighted by Crippen LogP contribution is 2.24. The third-order valence-electron chi connectivity index (χ3n) is 5.38. The fourth-order valence-corrected chi connectivity index (χ4v) is 4.70. The minimum Gasteiger partial charge on any atom is -0.383 e. The number of unbranched alkanes of at least 4 members (excludes halogenated alkanes) is 1. The Labute approximate surface area is 203 Å². The zero-order valence-electron chi connectivity index (χ0n) is 20.1. The lowest BCUT2D eigenvalue weighted by molar-refractivity contribution is -0.116. The molecule has 0 aliphatic carbocycles. The number of imidazole rings is 1. The Morgan fingerprint density at radius 1 is 1.15 bits per heavy atom. The zero-order chi connectivity index (χ0) is 24.8. The van der Waals surface area contributed by atoms with Crippen LogP contribution in [0.5, 0.6) is 0 Å². The van der Waals surface area contributed by atoms with Crippen molar-refractivity contribution in [3.8, 4) is 5.69 Å². The number of rotatable bonds is 10. The van der Waals surface area contributed by atoms with Crippen LogP contribution in [0, 0.1) is 13.8 Å². The summed E-state index contributed by atoms with van der Waals surface area (Å²) in [5.74, 6) is -0.189. The van der Waals surface area contributed by atoms with E-state index in [2.05, 4.69) is 28.2 Å². The van der Waals surface area contributed by atoms with Gasteiger partial charge in [-0.05, 0) is 49.9 Å². The van der Waals surface area contributed by atoms with Crippen molar-refractivity contribution >= 4 is 29.2 Å². The highest BCUT2D eigenvalue weighted by molar-refractivity contribution is 7.99. The highest BCUT2D eigenvalue weighted by Gasteiger charge is 2.24. The van der Waals surface area contributed by atoms with Crippen LogP contribution in [0.3, 0.4) is 0 Å². The summed E-state index contributed by atoms with van der Waals surface area (Å²) in [7, 11) is 0. The number of aromatic nitrogens is 4. The highest BCUT2D eigenvalue weighted by atomic mass is 32.2. The molecular formula is C24H32N6O3S. The summed E-state index contributed by atoms with van der Waals surface area (Å²) in [4.78, 5) is 46.4. The van der Waals surface area contributed by atoms with Gasteiger partial charge >= 0.3 is 5.69 Å². The van der Waals surface area contributed by atoms with Gasteiger partial charge in [0.1, 0.15) is 5.82 Å². The van der Waals surface area contributed by atoms with E-state index in [4.69, 9.17) is 5.73 Å². The van der Waals surface area contributed by atoms with Crippen molar-refractivity contribution in [2.75, 3.05) is 22.9 Å². The SMILES string of the molecule is CCCCN(C(=O)CSc1nccn1-c1cc(C)cc(C)c1)c1c(N)n(CCC)c(=O)[nH]c1=O. The monoisotopic (exact) mass is 484 g/mol. The normalized spacial score (nSPS) is 11.1. The molecule has 0 spiro atoms. The van der Waals surface area contributed by atoms with E-state index in [1.807, 2.05) is 38.5 Å². The van der Waals surface area contributed by atoms with Crippen LogP contribution in [0.1, 0.15) is 44.2 Å². The lowest BCUT2D eigenvalue weighted by atomic mass is 10.1. The Balaban J connectivity index is 1.89. The summed E-state index contributed by atoms with van der Waals surface area (Å²) in [6, 6.07) is 6.22. The summed E-state index contributed by atoms with van der Waals surface area (Å²) < 4.78 is 3.25. The van der Waals surface area contributed by atoms with E-state index >= 15 is 0 Å². The average molecular weight is 485 g/mol. The molecule has 0 radical (unpaired) electrons. The molecule has 0 unspecified atom stereocenters. The van der Waals surface area contributed by atoms with Gasteiger partial charge in [0, 0.05) is 31.2 Å². The smallest absolute Gasteiger partial charge is 0.330 e. The van der Waals surface area contributed by atoms with Gasteiger partial charge in [0.2, 0.25) is 5.91 Å². The molecule has 0 bridgehead atoms. The van der Waals surface area contributed by atoms with Crippen LogP contribution in [0.15, 0.2) is 45.3 Å². The number of aryl methyl sites for hydroxylation is 2. The molecule has 1 amide bonds. The van der Waals surface area contributed by atoms with Crippen molar-refractivity contribution in [1.82, 2.24) is 19.1 Å². The van der Waals surface area contributed by atoms with Crippen LogP contribution in [0.2, 0.25) is 0 Å². The molecule has 0 aliphatic rings. The second-order valence-corrected chi connectivity index (χ2v) is 9.20. The molecule has 0 aliphatic heterocycles. The fourth-order valence-electron chi connectivity index (χ4n) is 3.85. The summed E-state index contributed by atoms with van der Waals surface area (Å²) in [5, 5.41) is 0.673. The number of thioether (sulfide) groups is 1. The molecule has 2 heterocycles. The number of carbonyl (C=O) groups is 1. The molecule has 3 rings (SSSR count). The molecule has 0 atom stereocenters. The number of anilines is 2. The van der Waals surface area contributed by atoms with Crippen LogP contribution in [-0.4, -0.2) is 37.3 Å². The van der Waals surface area contributed by atoms with Crippen molar-refractivity contribution in [2.45, 2.75) is 58.7 Å². The van der Waals surface area contributed by atoms with Crippen LogP contribution >= 0.6 is 11.8 Å². The number of hydrogen-bond acceptors (Lipinski definition) is 6. The standard InChI is InChI=1S/C24H32N6O3S/c1-5-7-10-29(20-21(25)30(9-6-2)23(33)27-22(20)32)19(31)15-34-24-26-8-11-28(24)18-13-16(3)12-17(4)14-18/h8,11-14H,5-7,9-10,15,25H2,1-4H3,(H,27,32,33). The molecule has 1 aromatic carbocycles. The number of hydrogen-bond donors (Lipinski definition) is 2. The fraction of sp³-hybridized carbons (Fsp3) is 0.417. The molecule has 34 heavy (non-hydrogen) atoms. The summed E-state index contributed by atoms with van der Waals surface area (Å²) >= 11 is 1.29. The first-order valence-electron chi connectivity index (χ1n) is 11.4. The predicted octanol–water partition coefficient (Wildman–Crippen LogP) is 3.26. The number of nitrogens with two attached hydrogens (primary N) is 1. The molecule has 0 saturated carbocycles. The van der Waals surface area contributed by atoms with E-state index in [1.54, 1.807) is 6.20 Å². The number of H-pyrrole nitrogens is 1. The molecule has 0 fully saturated rings. The van der Waals surface area contributed by atoms with Gasteiger partial charge in [-0.25, -0.2) is 9.78 Å². The van der Waals surface area contributed by atoms with Crippen molar-refractivity contribution < 1.29 is 4.79 Å². The molecule has 3 aromatic rings. The van der Waals surface area contributed by atoms with E-state index in [0.29, 0.717) is 31.1 Å². The number of nitrogens with zero attached hydrogens (tertiary/aromatic N) is 4. The minimum absolute atomic E-state index is 0.0155. The first kappa shape index (κ1) is 25.4. The maximum absolute atomic E-state index is 13.3. The minimum atomic E-state index is -0.652. The van der Waals surface area contributed by atoms with Crippen molar-refractivity contribution in [1.29, 1.82) is 0 Å². The van der Waals surface area contributed by atoms with E-state index in [9.17, 15) is 14.4 Å². The van der Waals surface area contributed by atoms with E-state index in [-0.39, 0.29) is 23.2 Å². The second-order valence-electron chi connectivity index (χ2n) is 8.26. The number of benzene rings is 1. The van der Waals surface area contributed by atoms with Crippen molar-refractivity contribution in [3.05, 3.63) is 62.6 Å². The number of nitrogens with one attached hydrogen (secondary N) is 1. The summed E-state index contributed by atoms with van der Waals surface area (Å²) in [6.07, 6.45) is 5.75. The number of carbonyl (C=O) groups excluding carboxylic acids is 1. The maximum atomic E-state index is 13.3. The van der Waals surface area contributed by atoms with Gasteiger partial charge < -0.3 is 10.6 Å². The van der Waals surface area contributed by atoms with Crippen molar-refractivity contribution in [3.63, 3.8) is 0 Å². The second kappa shape index (κ2) is 11.2. The number of aromatic amines is 1. The van der Waals surface area contributed by atoms with Gasteiger partial charge in [-0.2, -0.15) is 0 Å². The Kier molecular flexibility index (Phi) is 8.38. The van der Waals surface area contributed by atoms with Gasteiger partial charge in [-0.15, -0.1) is 0 Å². The lowest BCUT2D eigenvalue weighted by Crippen LogP contribution is -2.42. The van der Waals surface area contributed by atoms with Crippen LogP contribution in [0.25, 0.3) is 5.69 Å². The maximum Gasteiger partial charge on any atom is 0.330 e. The van der Waals surface area contributed by atoms with E-state index in [1.165, 1.54) is 21.2 Å². The van der Waals surface area contributed by atoms with Crippen molar-refractivity contribution in [2.24, 2.45) is 0 Å². The summed E-state index contributed by atoms with van der Waals surface area (Å²) in [5.41, 5.74) is 8.29. The Morgan fingerprint density at radius 2 is 1.85 bits per heavy atom. The third kappa shape index (κ3) is 5.61. The molecule has 10 heteroatoms. The van der Waals surface area contributed by atoms with Gasteiger partial charge in [0.25, 0.3) is 5.56 Å². The molecule has 0 saturated heterocycles. The third-order valence-corrected chi connectivity index (χ3v) is 6.34. The van der Waals surface area contributed by atoms with Crippen LogP contribution in [-0.2, 0) is 11.3 Å². The first-order valence-corrected chi connectivity index (χ1v) is 12.4. The zero-order valence-corrected chi connectivity index (χ0v) is 20.9. The van der Waals surface area contributed by atoms with Crippen LogP contribution < -0.4 is 21.9 Å². The lowest BCUT2D eigenvalue weighted by Gasteiger charge is -2.24. The van der Waals surface area contributed by atoms with Gasteiger partial charge in [-0.1, -0.05) is 38.1 Å². The molecule has 9 nitrogen and oxygen atoms in total. The first-order chi connectivity index (χ1) is 16.3. The topological polar surface area (TPSA) is 119 Å². The predicted molar refractivity (Wildman–Crippen MR) is 137 cm³/mol.